The highest BCUT2D eigenvalue weighted by atomic mass is 35.5. The van der Waals surface area contributed by atoms with Crippen LogP contribution >= 0.6 is 23.4 Å². The topological polar surface area (TPSA) is 83.6 Å². The molecule has 0 radical (unpaired) electrons. The van der Waals surface area contributed by atoms with Crippen LogP contribution in [0.5, 0.6) is 0 Å². The number of hydrogen-bond acceptors (Lipinski definition) is 4. The van der Waals surface area contributed by atoms with Gasteiger partial charge in [0.2, 0.25) is 0 Å². The van der Waals surface area contributed by atoms with Crippen molar-refractivity contribution in [2.45, 2.75) is 16.9 Å². The highest BCUT2D eigenvalue weighted by Gasteiger charge is 2.43. The van der Waals surface area contributed by atoms with Gasteiger partial charge in [-0.25, -0.2) is 0 Å². The number of benzene rings is 1. The Hall–Kier alpha value is -1.24. The number of nitrogens with zero attached hydrogens (tertiary/aromatic N) is 1. The molecule has 108 valence electrons. The number of hydrogen-bond donors (Lipinski definition) is 2. The summed E-state index contributed by atoms with van der Waals surface area (Å²) in [5.41, 5.74) is 4.79. The van der Waals surface area contributed by atoms with E-state index in [2.05, 4.69) is 0 Å². The molecule has 1 aliphatic rings. The summed E-state index contributed by atoms with van der Waals surface area (Å²) >= 11 is 7.56. The molecule has 1 aliphatic heterocycles. The van der Waals surface area contributed by atoms with Gasteiger partial charge < -0.3 is 15.7 Å². The summed E-state index contributed by atoms with van der Waals surface area (Å²) in [7, 11) is 0. The summed E-state index contributed by atoms with van der Waals surface area (Å²) < 4.78 is 0. The van der Waals surface area contributed by atoms with Crippen LogP contribution < -0.4 is 5.73 Å². The zero-order chi connectivity index (χ0) is 14.9. The molecule has 0 aliphatic carbocycles. The Labute approximate surface area is 126 Å². The summed E-state index contributed by atoms with van der Waals surface area (Å²) in [4.78, 5) is 25.9. The van der Waals surface area contributed by atoms with Crippen LogP contribution in [0.4, 0.5) is 0 Å². The average Bonchev–Trinajstić information content (AvgIpc) is 2.83. The predicted molar refractivity (Wildman–Crippen MR) is 78.3 cm³/mol. The summed E-state index contributed by atoms with van der Waals surface area (Å²) in [5, 5.41) is 9.45. The number of carbonyl (C=O) groups is 2. The van der Waals surface area contributed by atoms with Gasteiger partial charge in [0.05, 0.1) is 10.6 Å². The maximum Gasteiger partial charge on any atom is 0.325 e. The molecule has 3 N–H and O–H groups in total. The van der Waals surface area contributed by atoms with E-state index in [9.17, 15) is 9.59 Å². The molecule has 1 atom stereocenters. The second-order valence-electron chi connectivity index (χ2n) is 4.78. The minimum absolute atomic E-state index is 0.000983. The molecule has 0 aromatic heterocycles. The molecule has 0 saturated carbocycles. The molecule has 0 spiro atoms. The first-order valence-electron chi connectivity index (χ1n) is 6.02. The molecular weight excluding hydrogens is 300 g/mol. The zero-order valence-corrected chi connectivity index (χ0v) is 12.5. The Morgan fingerprint density at radius 2 is 2.20 bits per heavy atom. The maximum absolute atomic E-state index is 12.4. The van der Waals surface area contributed by atoms with Gasteiger partial charge in [0.25, 0.3) is 5.91 Å². The molecule has 1 amide bonds. The molecule has 1 unspecified atom stereocenters. The third kappa shape index (κ3) is 2.77. The fourth-order valence-electron chi connectivity index (χ4n) is 2.15. The van der Waals surface area contributed by atoms with E-state index in [0.29, 0.717) is 17.1 Å². The van der Waals surface area contributed by atoms with E-state index in [4.69, 9.17) is 22.4 Å². The van der Waals surface area contributed by atoms with Gasteiger partial charge in [0, 0.05) is 18.0 Å². The van der Waals surface area contributed by atoms with Crippen LogP contribution in [0.1, 0.15) is 16.8 Å². The molecule has 1 heterocycles. The second-order valence-corrected chi connectivity index (χ2v) is 6.07. The van der Waals surface area contributed by atoms with Crippen LogP contribution in [0.15, 0.2) is 23.1 Å². The molecule has 5 nitrogen and oxygen atoms in total. The van der Waals surface area contributed by atoms with Gasteiger partial charge >= 0.3 is 5.97 Å². The van der Waals surface area contributed by atoms with Crippen LogP contribution in [-0.4, -0.2) is 46.8 Å². The zero-order valence-electron chi connectivity index (χ0n) is 10.9. The largest absolute Gasteiger partial charge is 0.480 e. The normalized spacial score (nSPS) is 22.1. The third-order valence-electron chi connectivity index (χ3n) is 3.42. The van der Waals surface area contributed by atoms with Crippen molar-refractivity contribution in [3.63, 3.8) is 0 Å². The van der Waals surface area contributed by atoms with E-state index in [0.717, 1.165) is 4.90 Å². The second kappa shape index (κ2) is 5.63. The Bertz CT molecular complexity index is 567. The lowest BCUT2D eigenvalue weighted by Crippen LogP contribution is -2.50. The smallest absolute Gasteiger partial charge is 0.325 e. The fraction of sp³-hybridized carbons (Fsp3) is 0.385. The number of carbonyl (C=O) groups excluding carboxylic acids is 1. The van der Waals surface area contributed by atoms with Gasteiger partial charge in [-0.1, -0.05) is 11.6 Å². The Kier molecular flexibility index (Phi) is 4.27. The van der Waals surface area contributed by atoms with E-state index >= 15 is 0 Å². The highest BCUT2D eigenvalue weighted by molar-refractivity contribution is 7.98. The van der Waals surface area contributed by atoms with E-state index in [1.165, 1.54) is 16.7 Å². The van der Waals surface area contributed by atoms with Crippen molar-refractivity contribution in [3.8, 4) is 0 Å². The predicted octanol–water partition coefficient (Wildman–Crippen LogP) is 1.69. The molecular formula is C13H15ClN2O3S. The van der Waals surface area contributed by atoms with Gasteiger partial charge in [-0.3, -0.25) is 9.59 Å². The van der Waals surface area contributed by atoms with Gasteiger partial charge in [-0.05, 0) is 30.9 Å². The number of amides is 1. The van der Waals surface area contributed by atoms with Gasteiger partial charge in [-0.15, -0.1) is 11.8 Å². The molecule has 1 saturated heterocycles. The molecule has 2 rings (SSSR count). The Morgan fingerprint density at radius 3 is 2.75 bits per heavy atom. The number of thioether (sulfide) groups is 1. The monoisotopic (exact) mass is 314 g/mol. The Balaban J connectivity index is 2.23. The van der Waals surface area contributed by atoms with E-state index < -0.39 is 11.5 Å². The van der Waals surface area contributed by atoms with Gasteiger partial charge in [-0.2, -0.15) is 0 Å². The number of halogens is 1. The van der Waals surface area contributed by atoms with Crippen molar-refractivity contribution in [1.82, 2.24) is 4.90 Å². The lowest BCUT2D eigenvalue weighted by atomic mass is 10.0. The van der Waals surface area contributed by atoms with Crippen molar-refractivity contribution in [3.05, 3.63) is 28.8 Å². The van der Waals surface area contributed by atoms with Crippen LogP contribution in [0.25, 0.3) is 0 Å². The van der Waals surface area contributed by atoms with Crippen molar-refractivity contribution in [2.75, 3.05) is 19.3 Å². The quantitative estimate of drug-likeness (QED) is 0.830. The van der Waals surface area contributed by atoms with E-state index in [-0.39, 0.29) is 18.9 Å². The van der Waals surface area contributed by atoms with Crippen LogP contribution in [0.2, 0.25) is 5.02 Å². The molecule has 7 heteroatoms. The number of rotatable bonds is 3. The van der Waals surface area contributed by atoms with Crippen molar-refractivity contribution < 1.29 is 14.7 Å². The van der Waals surface area contributed by atoms with E-state index in [1.807, 2.05) is 12.3 Å². The molecule has 1 aromatic carbocycles. The first kappa shape index (κ1) is 15.2. The highest BCUT2D eigenvalue weighted by Crippen LogP contribution is 2.27. The summed E-state index contributed by atoms with van der Waals surface area (Å²) in [6.07, 6.45) is 2.15. The summed E-state index contributed by atoms with van der Waals surface area (Å²) in [5.74, 6) is -1.36. The minimum Gasteiger partial charge on any atom is -0.480 e. The van der Waals surface area contributed by atoms with Crippen LogP contribution in [0.3, 0.4) is 0 Å². The summed E-state index contributed by atoms with van der Waals surface area (Å²) in [6.45, 7) is 0.322. The van der Waals surface area contributed by atoms with Gasteiger partial charge in [0.1, 0.15) is 5.54 Å². The molecule has 0 bridgehead atoms. The third-order valence-corrected chi connectivity index (χ3v) is 4.47. The number of likely N-dealkylation sites (tertiary alicyclic amines) is 1. The van der Waals surface area contributed by atoms with Crippen LogP contribution in [0, 0.1) is 0 Å². The number of carboxylic acids is 1. The average molecular weight is 315 g/mol. The van der Waals surface area contributed by atoms with Crippen LogP contribution in [-0.2, 0) is 4.79 Å². The SMILES string of the molecule is CSc1ccc(Cl)c(C(=O)N2CCC(N)(C(=O)O)C2)c1. The number of carboxylic acid groups (broad SMARTS) is 1. The fourth-order valence-corrected chi connectivity index (χ4v) is 2.78. The molecule has 1 aromatic rings. The van der Waals surface area contributed by atoms with Crippen molar-refractivity contribution in [1.29, 1.82) is 0 Å². The number of nitrogens with two attached hydrogens (primary N) is 1. The van der Waals surface area contributed by atoms with Crippen molar-refractivity contribution >= 4 is 35.2 Å². The lowest BCUT2D eigenvalue weighted by Gasteiger charge is -2.20. The first-order valence-corrected chi connectivity index (χ1v) is 7.63. The molecule has 1 fully saturated rings. The lowest BCUT2D eigenvalue weighted by molar-refractivity contribution is -0.142. The number of aliphatic carboxylic acids is 1. The standard InChI is InChI=1S/C13H15ClN2O3S/c1-20-8-2-3-10(14)9(6-8)11(17)16-5-4-13(15,7-16)12(18)19/h2-3,6H,4-5,7,15H2,1H3,(H,18,19). The Morgan fingerprint density at radius 1 is 1.50 bits per heavy atom. The first-order chi connectivity index (χ1) is 9.37. The van der Waals surface area contributed by atoms with Crippen molar-refractivity contribution in [2.24, 2.45) is 5.73 Å². The minimum atomic E-state index is -1.36. The molecule has 20 heavy (non-hydrogen) atoms. The van der Waals surface area contributed by atoms with E-state index in [1.54, 1.807) is 12.1 Å². The van der Waals surface area contributed by atoms with Gasteiger partial charge in [0.15, 0.2) is 0 Å². The summed E-state index contributed by atoms with van der Waals surface area (Å²) in [6, 6.07) is 5.22. The maximum atomic E-state index is 12.4.